The van der Waals surface area contributed by atoms with E-state index < -0.39 is 0 Å². The molecule has 0 atom stereocenters. The zero-order valence-electron chi connectivity index (χ0n) is 6.02. The molecule has 1 fully saturated rings. The number of carbonyl (C=O) groups excluding carboxylic acids is 2. The summed E-state index contributed by atoms with van der Waals surface area (Å²) in [6, 6.07) is 0. The van der Waals surface area contributed by atoms with Crippen molar-refractivity contribution in [2.75, 3.05) is 0 Å². The number of rotatable bonds is 0. The number of hydrogen-bond donors (Lipinski definition) is 0. The first kappa shape index (κ1) is 13.0. The summed E-state index contributed by atoms with van der Waals surface area (Å²) in [5.41, 5.74) is 0. The van der Waals surface area contributed by atoms with Crippen LogP contribution < -0.4 is 35.8 Å². The van der Waals surface area contributed by atoms with E-state index in [2.05, 4.69) is 0 Å². The maximum Gasteiger partial charge on any atom is 1.00 e. The van der Waals surface area contributed by atoms with Gasteiger partial charge >= 0.3 is 18.9 Å². The second-order valence-corrected chi connectivity index (χ2v) is 2.11. The van der Waals surface area contributed by atoms with Crippen molar-refractivity contribution in [3.8, 4) is 0 Å². The van der Waals surface area contributed by atoms with Gasteiger partial charge in [0.05, 0.1) is 6.42 Å². The topological polar surface area (TPSA) is 34.1 Å². The molecule has 0 aromatic heterocycles. The third kappa shape index (κ3) is 4.27. The Morgan fingerprint density at radius 3 is 1.60 bits per heavy atom. The SMILES string of the molecule is O=C1CCCC(=O)C1.[Br-].[Li+]. The molecule has 0 heterocycles. The van der Waals surface area contributed by atoms with Gasteiger partial charge in [0, 0.05) is 12.8 Å². The first-order chi connectivity index (χ1) is 3.79. The molecule has 4 heteroatoms. The standard InChI is InChI=1S/C6H8O2.BrH.Li/c7-5-2-1-3-6(8)4-5;;/h1-4H2;1H;/q;;+1/p-1. The van der Waals surface area contributed by atoms with Crippen molar-refractivity contribution in [3.63, 3.8) is 0 Å². The molecule has 0 aliphatic heterocycles. The van der Waals surface area contributed by atoms with Crippen LogP contribution in [0.5, 0.6) is 0 Å². The molecule has 0 saturated heterocycles. The number of carbonyl (C=O) groups is 2. The minimum Gasteiger partial charge on any atom is -1.00 e. The third-order valence-corrected chi connectivity index (χ3v) is 1.31. The van der Waals surface area contributed by atoms with Crippen LogP contribution in [0.25, 0.3) is 0 Å². The van der Waals surface area contributed by atoms with Crippen LogP contribution in [-0.2, 0) is 9.59 Å². The van der Waals surface area contributed by atoms with Gasteiger partial charge in [-0.15, -0.1) is 0 Å². The summed E-state index contributed by atoms with van der Waals surface area (Å²) in [4.78, 5) is 20.9. The smallest absolute Gasteiger partial charge is 1.00 e. The number of hydrogen-bond acceptors (Lipinski definition) is 2. The Morgan fingerprint density at radius 1 is 1.00 bits per heavy atom. The molecule has 1 rings (SSSR count). The van der Waals surface area contributed by atoms with E-state index in [0.717, 1.165) is 6.42 Å². The van der Waals surface area contributed by atoms with Gasteiger partial charge in [0.2, 0.25) is 0 Å². The fourth-order valence-corrected chi connectivity index (χ4v) is 0.879. The van der Waals surface area contributed by atoms with Crippen LogP contribution in [0.2, 0.25) is 0 Å². The van der Waals surface area contributed by atoms with Crippen molar-refractivity contribution in [2.45, 2.75) is 25.7 Å². The summed E-state index contributed by atoms with van der Waals surface area (Å²) in [6.45, 7) is 0. The van der Waals surface area contributed by atoms with Crippen molar-refractivity contribution >= 4 is 11.6 Å². The van der Waals surface area contributed by atoms with Crippen molar-refractivity contribution in [1.82, 2.24) is 0 Å². The van der Waals surface area contributed by atoms with E-state index in [1.807, 2.05) is 0 Å². The Hall–Kier alpha value is 0.417. The van der Waals surface area contributed by atoms with E-state index in [0.29, 0.717) is 12.8 Å². The van der Waals surface area contributed by atoms with Crippen molar-refractivity contribution in [1.29, 1.82) is 0 Å². The van der Waals surface area contributed by atoms with Crippen LogP contribution in [0, 0.1) is 0 Å². The predicted octanol–water partition coefficient (Wildman–Crippen LogP) is -5.29. The molecule has 1 aliphatic carbocycles. The number of Topliss-reactive ketones (excluding diaryl/α,β-unsaturated/α-hetero) is 2. The summed E-state index contributed by atoms with van der Waals surface area (Å²) in [7, 11) is 0. The predicted molar refractivity (Wildman–Crippen MR) is 28.5 cm³/mol. The Kier molecular flexibility index (Phi) is 8.02. The summed E-state index contributed by atoms with van der Waals surface area (Å²) in [5, 5.41) is 0. The Labute approximate surface area is 82.7 Å². The zero-order valence-corrected chi connectivity index (χ0v) is 7.61. The molecule has 2 nitrogen and oxygen atoms in total. The van der Waals surface area contributed by atoms with Crippen LogP contribution in [-0.4, -0.2) is 11.6 Å². The van der Waals surface area contributed by atoms with E-state index in [-0.39, 0.29) is 53.8 Å². The van der Waals surface area contributed by atoms with Crippen molar-refractivity contribution < 1.29 is 45.4 Å². The van der Waals surface area contributed by atoms with Crippen molar-refractivity contribution in [3.05, 3.63) is 0 Å². The van der Waals surface area contributed by atoms with Crippen LogP contribution in [0.15, 0.2) is 0 Å². The quantitative estimate of drug-likeness (QED) is 0.288. The van der Waals surface area contributed by atoms with Crippen LogP contribution in [0.3, 0.4) is 0 Å². The fraction of sp³-hybridized carbons (Fsp3) is 0.667. The minimum atomic E-state index is 0. The van der Waals surface area contributed by atoms with Crippen LogP contribution in [0.1, 0.15) is 25.7 Å². The third-order valence-electron chi connectivity index (χ3n) is 1.31. The second kappa shape index (κ2) is 6.15. The van der Waals surface area contributed by atoms with E-state index >= 15 is 0 Å². The van der Waals surface area contributed by atoms with Gasteiger partial charge in [0.25, 0.3) is 0 Å². The average molecular weight is 199 g/mol. The number of ketones is 2. The molecule has 0 bridgehead atoms. The molecule has 0 unspecified atom stereocenters. The van der Waals surface area contributed by atoms with E-state index in [1.165, 1.54) is 0 Å². The van der Waals surface area contributed by atoms with E-state index in [4.69, 9.17) is 0 Å². The normalized spacial score (nSPS) is 17.2. The van der Waals surface area contributed by atoms with Gasteiger partial charge in [-0.1, -0.05) is 0 Å². The minimum absolute atomic E-state index is 0. The van der Waals surface area contributed by atoms with Crippen LogP contribution >= 0.6 is 0 Å². The molecule has 0 spiro atoms. The molecule has 10 heavy (non-hydrogen) atoms. The molecule has 0 N–H and O–H groups in total. The maximum absolute atomic E-state index is 10.5. The van der Waals surface area contributed by atoms with Gasteiger partial charge in [-0.3, -0.25) is 9.59 Å². The van der Waals surface area contributed by atoms with Gasteiger partial charge in [-0.2, -0.15) is 0 Å². The number of halogens is 1. The molecular formula is C6H8BrLiO2. The Balaban J connectivity index is 0. The monoisotopic (exact) mass is 198 g/mol. The van der Waals surface area contributed by atoms with Gasteiger partial charge in [-0.25, -0.2) is 0 Å². The van der Waals surface area contributed by atoms with E-state index in [1.54, 1.807) is 0 Å². The fourth-order valence-electron chi connectivity index (χ4n) is 0.879. The molecule has 1 saturated carbocycles. The molecule has 52 valence electrons. The van der Waals surface area contributed by atoms with Crippen LogP contribution in [0.4, 0.5) is 0 Å². The van der Waals surface area contributed by atoms with Gasteiger partial charge in [-0.05, 0) is 6.42 Å². The average Bonchev–Trinajstić information content (AvgIpc) is 1.64. The Bertz CT molecular complexity index is 122. The molecule has 1 aliphatic rings. The molecule has 0 aromatic carbocycles. The van der Waals surface area contributed by atoms with Gasteiger partial charge < -0.3 is 17.0 Å². The Morgan fingerprint density at radius 2 is 1.40 bits per heavy atom. The maximum atomic E-state index is 10.5. The van der Waals surface area contributed by atoms with Gasteiger partial charge in [0.15, 0.2) is 0 Å². The largest absolute Gasteiger partial charge is 1.00 e. The summed E-state index contributed by atoms with van der Waals surface area (Å²) in [6.07, 6.45) is 2.20. The summed E-state index contributed by atoms with van der Waals surface area (Å²) >= 11 is 0. The first-order valence-electron chi connectivity index (χ1n) is 2.82. The zero-order chi connectivity index (χ0) is 5.98. The molecule has 0 amide bonds. The summed E-state index contributed by atoms with van der Waals surface area (Å²) < 4.78 is 0. The summed E-state index contributed by atoms with van der Waals surface area (Å²) in [5.74, 6) is 0.225. The van der Waals surface area contributed by atoms with Crippen molar-refractivity contribution in [2.24, 2.45) is 0 Å². The molecular weight excluding hydrogens is 191 g/mol. The van der Waals surface area contributed by atoms with E-state index in [9.17, 15) is 9.59 Å². The second-order valence-electron chi connectivity index (χ2n) is 2.11. The first-order valence-corrected chi connectivity index (χ1v) is 2.82. The van der Waals surface area contributed by atoms with Gasteiger partial charge in [0.1, 0.15) is 11.6 Å². The molecule has 0 radical (unpaired) electrons. The molecule has 0 aromatic rings.